The quantitative estimate of drug-likeness (QED) is 0.878. The van der Waals surface area contributed by atoms with E-state index in [0.29, 0.717) is 18.7 Å². The molecule has 1 aliphatic carbocycles. The molecule has 2 heterocycles. The third kappa shape index (κ3) is 3.16. The Morgan fingerprint density at radius 2 is 2.21 bits per heavy atom. The first-order valence-corrected chi connectivity index (χ1v) is 7.34. The largest absolute Gasteiger partial charge is 0.390 e. The van der Waals surface area contributed by atoms with E-state index in [9.17, 15) is 5.11 Å². The zero-order valence-corrected chi connectivity index (χ0v) is 11.3. The number of nitrogens with zero attached hydrogens (tertiary/aromatic N) is 3. The Balaban J connectivity index is 1.55. The number of fused-ring (bicyclic) bond motifs is 1. The standard InChI is InChI=1S/C14H23N3O2/c18-12(11-17-7-3-6-15-17)10-16-8-9-19-14-5-2-1-4-13(14)16/h3,6-7,12-14,18H,1-2,4-5,8-11H2/t12-,13-,14+/m1/s1. The summed E-state index contributed by atoms with van der Waals surface area (Å²) in [5, 5.41) is 14.4. The molecule has 1 N–H and O–H groups in total. The van der Waals surface area contributed by atoms with E-state index in [1.54, 1.807) is 10.9 Å². The first kappa shape index (κ1) is 13.1. The van der Waals surface area contributed by atoms with Crippen molar-refractivity contribution in [2.45, 2.75) is 50.5 Å². The predicted octanol–water partition coefficient (Wildman–Crippen LogP) is 0.887. The van der Waals surface area contributed by atoms with Crippen LogP contribution >= 0.6 is 0 Å². The molecular formula is C14H23N3O2. The highest BCUT2D eigenvalue weighted by Crippen LogP contribution is 2.28. The van der Waals surface area contributed by atoms with Gasteiger partial charge < -0.3 is 9.84 Å². The lowest BCUT2D eigenvalue weighted by Gasteiger charge is -2.44. The summed E-state index contributed by atoms with van der Waals surface area (Å²) in [6.07, 6.45) is 8.63. The zero-order chi connectivity index (χ0) is 13.1. The van der Waals surface area contributed by atoms with Crippen LogP contribution in [0.4, 0.5) is 0 Å². The van der Waals surface area contributed by atoms with Crippen LogP contribution in [0.3, 0.4) is 0 Å². The summed E-state index contributed by atoms with van der Waals surface area (Å²) < 4.78 is 7.65. The van der Waals surface area contributed by atoms with Gasteiger partial charge in [-0.05, 0) is 18.9 Å². The highest BCUT2D eigenvalue weighted by atomic mass is 16.5. The highest BCUT2D eigenvalue weighted by molar-refractivity contribution is 4.88. The number of aliphatic hydroxyl groups is 1. The minimum atomic E-state index is -0.361. The summed E-state index contributed by atoms with van der Waals surface area (Å²) in [5.41, 5.74) is 0. The van der Waals surface area contributed by atoms with E-state index in [1.807, 2.05) is 12.3 Å². The molecule has 1 aromatic rings. The van der Waals surface area contributed by atoms with Gasteiger partial charge in [0.1, 0.15) is 0 Å². The Kier molecular flexibility index (Phi) is 4.15. The number of ether oxygens (including phenoxy) is 1. The van der Waals surface area contributed by atoms with E-state index in [0.717, 1.165) is 19.7 Å². The lowest BCUT2D eigenvalue weighted by Crippen LogP contribution is -2.54. The molecule has 0 radical (unpaired) electrons. The van der Waals surface area contributed by atoms with Crippen LogP contribution in [0.1, 0.15) is 25.7 Å². The number of rotatable bonds is 4. The van der Waals surface area contributed by atoms with Crippen molar-refractivity contribution >= 4 is 0 Å². The lowest BCUT2D eigenvalue weighted by atomic mass is 9.90. The van der Waals surface area contributed by atoms with E-state index < -0.39 is 0 Å². The van der Waals surface area contributed by atoms with Gasteiger partial charge >= 0.3 is 0 Å². The summed E-state index contributed by atoms with van der Waals surface area (Å²) in [4.78, 5) is 2.42. The molecular weight excluding hydrogens is 242 g/mol. The van der Waals surface area contributed by atoms with Gasteiger partial charge in [-0.3, -0.25) is 9.58 Å². The summed E-state index contributed by atoms with van der Waals surface area (Å²) in [5.74, 6) is 0. The fraction of sp³-hybridized carbons (Fsp3) is 0.786. The average molecular weight is 265 g/mol. The molecule has 5 nitrogen and oxygen atoms in total. The smallest absolute Gasteiger partial charge is 0.0862 e. The van der Waals surface area contributed by atoms with Gasteiger partial charge in [0.15, 0.2) is 0 Å². The molecule has 0 bridgehead atoms. The molecule has 1 saturated heterocycles. The number of morpholine rings is 1. The van der Waals surface area contributed by atoms with Crippen molar-refractivity contribution in [1.29, 1.82) is 0 Å². The molecule has 19 heavy (non-hydrogen) atoms. The molecule has 3 atom stereocenters. The number of aliphatic hydroxyl groups excluding tert-OH is 1. The maximum Gasteiger partial charge on any atom is 0.0862 e. The third-order valence-electron chi connectivity index (χ3n) is 4.25. The maximum atomic E-state index is 10.2. The molecule has 2 aliphatic rings. The summed E-state index contributed by atoms with van der Waals surface area (Å²) >= 11 is 0. The zero-order valence-electron chi connectivity index (χ0n) is 11.3. The number of β-amino-alcohol motifs (C(OH)–C–C–N with tert-alkyl or cyclic N) is 1. The Morgan fingerprint density at radius 3 is 3.05 bits per heavy atom. The van der Waals surface area contributed by atoms with Gasteiger partial charge in [0.05, 0.1) is 25.4 Å². The molecule has 0 unspecified atom stereocenters. The number of aromatic nitrogens is 2. The second-order valence-electron chi connectivity index (χ2n) is 5.64. The maximum absolute atomic E-state index is 10.2. The van der Waals surface area contributed by atoms with Gasteiger partial charge in [-0.15, -0.1) is 0 Å². The van der Waals surface area contributed by atoms with Crippen LogP contribution < -0.4 is 0 Å². The van der Waals surface area contributed by atoms with Gasteiger partial charge in [-0.25, -0.2) is 0 Å². The van der Waals surface area contributed by atoms with Crippen molar-refractivity contribution in [2.24, 2.45) is 0 Å². The molecule has 0 aromatic carbocycles. The molecule has 0 spiro atoms. The molecule has 1 aliphatic heterocycles. The summed E-state index contributed by atoms with van der Waals surface area (Å²) in [6, 6.07) is 2.40. The fourth-order valence-corrected chi connectivity index (χ4v) is 3.36. The molecule has 5 heteroatoms. The van der Waals surface area contributed by atoms with Crippen LogP contribution in [-0.2, 0) is 11.3 Å². The predicted molar refractivity (Wildman–Crippen MR) is 71.8 cm³/mol. The lowest BCUT2D eigenvalue weighted by molar-refractivity contribution is -0.0981. The first-order valence-electron chi connectivity index (χ1n) is 7.34. The van der Waals surface area contributed by atoms with Crippen LogP contribution in [0.15, 0.2) is 18.5 Å². The summed E-state index contributed by atoms with van der Waals surface area (Å²) in [7, 11) is 0. The third-order valence-corrected chi connectivity index (χ3v) is 4.25. The van der Waals surface area contributed by atoms with E-state index in [1.165, 1.54) is 25.7 Å². The Bertz CT molecular complexity index is 380. The van der Waals surface area contributed by atoms with Crippen LogP contribution in [0.25, 0.3) is 0 Å². The van der Waals surface area contributed by atoms with Crippen LogP contribution in [0, 0.1) is 0 Å². The van der Waals surface area contributed by atoms with Crippen molar-refractivity contribution in [3.8, 4) is 0 Å². The van der Waals surface area contributed by atoms with Crippen LogP contribution in [0.5, 0.6) is 0 Å². The minimum Gasteiger partial charge on any atom is -0.390 e. The van der Waals surface area contributed by atoms with Crippen LogP contribution in [-0.4, -0.2) is 57.7 Å². The van der Waals surface area contributed by atoms with Crippen molar-refractivity contribution in [3.63, 3.8) is 0 Å². The molecule has 2 fully saturated rings. The van der Waals surface area contributed by atoms with Crippen molar-refractivity contribution in [2.75, 3.05) is 19.7 Å². The van der Waals surface area contributed by atoms with Crippen molar-refractivity contribution in [1.82, 2.24) is 14.7 Å². The Labute approximate surface area is 114 Å². The normalized spacial score (nSPS) is 29.9. The Morgan fingerprint density at radius 1 is 1.32 bits per heavy atom. The van der Waals surface area contributed by atoms with Crippen molar-refractivity contribution < 1.29 is 9.84 Å². The topological polar surface area (TPSA) is 50.5 Å². The van der Waals surface area contributed by atoms with Gasteiger partial charge in [-0.2, -0.15) is 5.10 Å². The summed E-state index contributed by atoms with van der Waals surface area (Å²) in [6.45, 7) is 3.04. The fourth-order valence-electron chi connectivity index (χ4n) is 3.36. The van der Waals surface area contributed by atoms with Gasteiger partial charge in [-0.1, -0.05) is 12.8 Å². The van der Waals surface area contributed by atoms with Gasteiger partial charge in [0.25, 0.3) is 0 Å². The second-order valence-corrected chi connectivity index (χ2v) is 5.64. The van der Waals surface area contributed by atoms with E-state index in [2.05, 4.69) is 10.00 Å². The highest BCUT2D eigenvalue weighted by Gasteiger charge is 2.34. The van der Waals surface area contributed by atoms with E-state index in [4.69, 9.17) is 4.74 Å². The second kappa shape index (κ2) is 6.03. The van der Waals surface area contributed by atoms with E-state index in [-0.39, 0.29) is 6.10 Å². The van der Waals surface area contributed by atoms with E-state index >= 15 is 0 Å². The molecule has 1 saturated carbocycles. The number of hydrogen-bond acceptors (Lipinski definition) is 4. The molecule has 1 aromatic heterocycles. The Hall–Kier alpha value is -0.910. The number of hydrogen-bond donors (Lipinski definition) is 1. The monoisotopic (exact) mass is 265 g/mol. The average Bonchev–Trinajstić information content (AvgIpc) is 2.92. The van der Waals surface area contributed by atoms with Gasteiger partial charge in [0.2, 0.25) is 0 Å². The SMILES string of the molecule is O[C@H](CN1CCO[C@H]2CCCC[C@H]21)Cn1cccn1. The van der Waals surface area contributed by atoms with Gasteiger partial charge in [0, 0.05) is 31.5 Å². The first-order chi connectivity index (χ1) is 9.33. The van der Waals surface area contributed by atoms with Crippen molar-refractivity contribution in [3.05, 3.63) is 18.5 Å². The van der Waals surface area contributed by atoms with Crippen LogP contribution in [0.2, 0.25) is 0 Å². The molecule has 3 rings (SSSR count). The molecule has 0 amide bonds. The molecule has 106 valence electrons. The minimum absolute atomic E-state index is 0.361.